The van der Waals surface area contributed by atoms with Gasteiger partial charge in [-0.2, -0.15) is 0 Å². The van der Waals surface area contributed by atoms with E-state index in [-0.39, 0.29) is 36.9 Å². The minimum Gasteiger partial charge on any atom is -0.494 e. The normalized spacial score (nSPS) is 16.6. The number of carbonyl (C=O) groups excluding carboxylic acids is 1. The maximum Gasteiger partial charge on any atom is 0.352 e. The van der Waals surface area contributed by atoms with Gasteiger partial charge >= 0.3 is 5.97 Å². The minimum absolute atomic E-state index is 0.0459. The van der Waals surface area contributed by atoms with Crippen LogP contribution in [0.3, 0.4) is 0 Å². The van der Waals surface area contributed by atoms with Crippen molar-refractivity contribution in [1.82, 2.24) is 19.1 Å². The first kappa shape index (κ1) is 41.4. The Bertz CT molecular complexity index is 2670. The third-order valence-electron chi connectivity index (χ3n) is 11.8. The Morgan fingerprint density at radius 2 is 1.68 bits per heavy atom. The highest BCUT2D eigenvalue weighted by molar-refractivity contribution is 6.35. The summed E-state index contributed by atoms with van der Waals surface area (Å²) in [5.74, 6) is 0.835. The number of hydrogen-bond donors (Lipinski definition) is 1. The SMILES string of the molecule is COc1c(OC[C@H]2CCCO2)cc(N2C[C@@H](C)n3c(c(CCCOc4cc(C)c(Cl)c(C)c4)c4ccc(Cl)c(-c5c(C)nc(C)nc5C)c43)C2=O)c2c1cc(C(=O)O)n2C. The highest BCUT2D eigenvalue weighted by atomic mass is 35.5. The highest BCUT2D eigenvalue weighted by Crippen LogP contribution is 2.48. The summed E-state index contributed by atoms with van der Waals surface area (Å²) < 4.78 is 28.1. The zero-order valence-corrected chi connectivity index (χ0v) is 36.7. The molecule has 2 atom stereocenters. The van der Waals surface area contributed by atoms with Crippen molar-refractivity contribution in [3.63, 3.8) is 0 Å². The number of anilines is 1. The lowest BCUT2D eigenvalue weighted by Crippen LogP contribution is -2.43. The van der Waals surface area contributed by atoms with Crippen LogP contribution in [0.5, 0.6) is 17.2 Å². The summed E-state index contributed by atoms with van der Waals surface area (Å²) >= 11 is 13.6. The lowest BCUT2D eigenvalue weighted by atomic mass is 9.97. The quantitative estimate of drug-likeness (QED) is 0.120. The largest absolute Gasteiger partial charge is 0.494 e. The van der Waals surface area contributed by atoms with Crippen LogP contribution >= 0.6 is 23.2 Å². The van der Waals surface area contributed by atoms with Gasteiger partial charge in [0.2, 0.25) is 0 Å². The number of carboxylic acid groups (broad SMARTS) is 1. The van der Waals surface area contributed by atoms with Gasteiger partial charge in [-0.15, -0.1) is 0 Å². The third-order valence-corrected chi connectivity index (χ3v) is 12.7. The van der Waals surface area contributed by atoms with E-state index in [1.807, 2.05) is 58.9 Å². The van der Waals surface area contributed by atoms with Crippen molar-refractivity contribution in [3.05, 3.63) is 91.7 Å². The number of ether oxygens (including phenoxy) is 4. The van der Waals surface area contributed by atoms with E-state index in [2.05, 4.69) is 11.5 Å². The molecule has 8 rings (SSSR count). The third kappa shape index (κ3) is 7.12. The molecule has 314 valence electrons. The summed E-state index contributed by atoms with van der Waals surface area (Å²) in [6.45, 7) is 13.4. The van der Waals surface area contributed by atoms with Crippen LogP contribution in [0.1, 0.15) is 87.1 Å². The van der Waals surface area contributed by atoms with Crippen molar-refractivity contribution >= 4 is 62.6 Å². The molecule has 12 nitrogen and oxygen atoms in total. The molecule has 60 heavy (non-hydrogen) atoms. The van der Waals surface area contributed by atoms with Crippen LogP contribution < -0.4 is 19.1 Å². The molecule has 0 bridgehead atoms. The second-order valence-corrected chi connectivity index (χ2v) is 16.7. The van der Waals surface area contributed by atoms with Crippen molar-refractivity contribution in [2.24, 2.45) is 7.05 Å². The molecule has 3 aromatic carbocycles. The summed E-state index contributed by atoms with van der Waals surface area (Å²) in [5, 5.41) is 12.9. The number of carbonyl (C=O) groups is 2. The first-order valence-corrected chi connectivity index (χ1v) is 21.0. The number of nitrogens with zero attached hydrogens (tertiary/aromatic N) is 5. The summed E-state index contributed by atoms with van der Waals surface area (Å²) in [7, 11) is 3.22. The van der Waals surface area contributed by atoms with Crippen LogP contribution in [0.2, 0.25) is 10.0 Å². The molecule has 0 unspecified atom stereocenters. The molecule has 3 aromatic heterocycles. The first-order chi connectivity index (χ1) is 28.7. The van der Waals surface area contributed by atoms with Gasteiger partial charge in [-0.25, -0.2) is 14.8 Å². The van der Waals surface area contributed by atoms with Crippen LogP contribution in [0, 0.1) is 34.6 Å². The molecule has 1 N–H and O–H groups in total. The molecule has 14 heteroatoms. The smallest absolute Gasteiger partial charge is 0.352 e. The molecule has 6 aromatic rings. The maximum atomic E-state index is 15.5. The molecule has 0 radical (unpaired) electrons. The Labute approximate surface area is 358 Å². The predicted octanol–water partition coefficient (Wildman–Crippen LogP) is 9.94. The lowest BCUT2D eigenvalue weighted by molar-refractivity contribution is 0.0670. The van der Waals surface area contributed by atoms with E-state index in [0.717, 1.165) is 73.7 Å². The molecule has 0 spiro atoms. The first-order valence-electron chi connectivity index (χ1n) is 20.3. The predicted molar refractivity (Wildman–Crippen MR) is 234 cm³/mol. The fourth-order valence-electron chi connectivity index (χ4n) is 9.21. The second-order valence-electron chi connectivity index (χ2n) is 15.9. The molecule has 1 fully saturated rings. The molecule has 0 saturated carbocycles. The number of halogens is 2. The fourth-order valence-corrected chi connectivity index (χ4v) is 9.57. The highest BCUT2D eigenvalue weighted by Gasteiger charge is 2.38. The Morgan fingerprint density at radius 3 is 2.33 bits per heavy atom. The molecule has 1 saturated heterocycles. The average Bonchev–Trinajstić information content (AvgIpc) is 3.93. The van der Waals surface area contributed by atoms with Crippen LogP contribution in [-0.2, 0) is 18.2 Å². The standard InChI is InChI=1S/C46H49Cl2N5O7/c1-23-17-30(18-24(2)40(23)48)59-16-10-12-31-32-13-14-34(47)39(38-26(4)49-28(6)50-27(38)5)42(32)53-25(3)21-52(45(54)43(31)53)35-20-37(60-22-29-11-9-15-58-29)44(57-8)33-19-36(46(55)56)51(7)41(33)35/h13-14,17-20,25,29H,9-12,15-16,21-22H2,1-8H3,(H,55,56)/t25-,29-/m1/s1. The molecule has 1 amide bonds. The zero-order valence-electron chi connectivity index (χ0n) is 35.2. The molecule has 2 aliphatic rings. The Morgan fingerprint density at radius 1 is 0.967 bits per heavy atom. The fraction of sp³-hybridized carbons (Fsp3) is 0.391. The number of fused-ring (bicyclic) bond motifs is 4. The number of benzene rings is 3. The van der Waals surface area contributed by atoms with Crippen LogP contribution in [0.4, 0.5) is 5.69 Å². The van der Waals surface area contributed by atoms with Gasteiger partial charge in [0, 0.05) is 70.6 Å². The van der Waals surface area contributed by atoms with E-state index in [9.17, 15) is 9.90 Å². The molecular formula is C46H49Cl2N5O7. The van der Waals surface area contributed by atoms with E-state index in [0.29, 0.717) is 70.7 Å². The summed E-state index contributed by atoms with van der Waals surface area (Å²) in [5.41, 5.74) is 8.38. The molecule has 2 aliphatic heterocycles. The number of aryl methyl sites for hydroxylation is 7. The van der Waals surface area contributed by atoms with Gasteiger partial charge in [0.05, 0.1) is 41.6 Å². The molecular weight excluding hydrogens is 805 g/mol. The topological polar surface area (TPSA) is 130 Å². The number of rotatable bonds is 12. The second kappa shape index (κ2) is 16.3. The van der Waals surface area contributed by atoms with Gasteiger partial charge in [0.1, 0.15) is 29.6 Å². The Balaban J connectivity index is 1.30. The van der Waals surface area contributed by atoms with Crippen LogP contribution in [-0.4, -0.2) is 75.7 Å². The van der Waals surface area contributed by atoms with Crippen molar-refractivity contribution in [3.8, 4) is 28.4 Å². The van der Waals surface area contributed by atoms with E-state index in [1.54, 1.807) is 28.6 Å². The van der Waals surface area contributed by atoms with Crippen LogP contribution in [0.15, 0.2) is 36.4 Å². The van der Waals surface area contributed by atoms with Gasteiger partial charge in [-0.1, -0.05) is 29.3 Å². The number of methoxy groups -OCH3 is 1. The summed E-state index contributed by atoms with van der Waals surface area (Å²) in [4.78, 5) is 39.3. The zero-order chi connectivity index (χ0) is 42.7. The van der Waals surface area contributed by atoms with E-state index < -0.39 is 5.97 Å². The van der Waals surface area contributed by atoms with E-state index >= 15 is 4.79 Å². The summed E-state index contributed by atoms with van der Waals surface area (Å²) in [6.07, 6.45) is 2.85. The van der Waals surface area contributed by atoms with Crippen molar-refractivity contribution in [2.75, 3.05) is 38.4 Å². The molecule has 5 heterocycles. The number of amides is 1. The van der Waals surface area contributed by atoms with Gasteiger partial charge < -0.3 is 38.1 Å². The Hall–Kier alpha value is -5.30. The Kier molecular flexibility index (Phi) is 11.2. The van der Waals surface area contributed by atoms with Gasteiger partial charge in [0.25, 0.3) is 5.91 Å². The summed E-state index contributed by atoms with van der Waals surface area (Å²) in [6, 6.07) is 10.9. The minimum atomic E-state index is -1.11. The van der Waals surface area contributed by atoms with Gasteiger partial charge in [0.15, 0.2) is 11.5 Å². The lowest BCUT2D eigenvalue weighted by Gasteiger charge is -2.35. The van der Waals surface area contributed by atoms with Crippen molar-refractivity contribution < 1.29 is 33.6 Å². The molecule has 0 aliphatic carbocycles. The number of aromatic nitrogens is 4. The van der Waals surface area contributed by atoms with Crippen molar-refractivity contribution in [2.45, 2.75) is 79.4 Å². The van der Waals surface area contributed by atoms with E-state index in [1.165, 1.54) is 7.11 Å². The number of hydrogen-bond acceptors (Lipinski definition) is 8. The monoisotopic (exact) mass is 853 g/mol. The number of carboxylic acids is 1. The van der Waals surface area contributed by atoms with Gasteiger partial charge in [-0.05, 0) is 108 Å². The average molecular weight is 855 g/mol. The van der Waals surface area contributed by atoms with Gasteiger partial charge in [-0.3, -0.25) is 4.79 Å². The van der Waals surface area contributed by atoms with Crippen LogP contribution in [0.25, 0.3) is 32.9 Å². The maximum absolute atomic E-state index is 15.5. The van der Waals surface area contributed by atoms with E-state index in [4.69, 9.17) is 52.1 Å². The van der Waals surface area contributed by atoms with Crippen molar-refractivity contribution in [1.29, 1.82) is 0 Å². The number of aromatic carboxylic acids is 1.